The zero-order chi connectivity index (χ0) is 20.7. The third kappa shape index (κ3) is 6.12. The van der Waals surface area contributed by atoms with Crippen LogP contribution in [-0.4, -0.2) is 23.9 Å². The molecule has 7 heteroatoms. The minimum absolute atomic E-state index is 0.0179. The van der Waals surface area contributed by atoms with Gasteiger partial charge in [-0.2, -0.15) is 0 Å². The van der Waals surface area contributed by atoms with Gasteiger partial charge >= 0.3 is 6.03 Å². The molecule has 2 aromatic rings. The number of rotatable bonds is 6. The number of nitrogens with one attached hydrogen (secondary N) is 4. The maximum absolute atomic E-state index is 12.6. The Bertz CT molecular complexity index is 845. The highest BCUT2D eigenvalue weighted by molar-refractivity contribution is 6.10. The molecule has 4 N–H and O–H groups in total. The molecule has 0 spiro atoms. The zero-order valence-electron chi connectivity index (χ0n) is 16.5. The van der Waals surface area contributed by atoms with Crippen LogP contribution in [0.5, 0.6) is 0 Å². The summed E-state index contributed by atoms with van der Waals surface area (Å²) in [6, 6.07) is 13.2. The summed E-state index contributed by atoms with van der Waals surface area (Å²) in [5.74, 6) is -0.535. The van der Waals surface area contributed by atoms with Crippen molar-refractivity contribution in [2.75, 3.05) is 16.0 Å². The predicted molar refractivity (Wildman–Crippen MR) is 112 cm³/mol. The normalized spacial score (nSPS) is 10.5. The fourth-order valence-electron chi connectivity index (χ4n) is 2.33. The number of anilines is 3. The smallest absolute Gasteiger partial charge is 0.319 e. The molecule has 148 valence electrons. The zero-order valence-corrected chi connectivity index (χ0v) is 16.5. The van der Waals surface area contributed by atoms with Crippen LogP contribution in [-0.2, 0) is 4.79 Å². The van der Waals surface area contributed by atoms with Gasteiger partial charge in [-0.15, -0.1) is 0 Å². The molecular weight excluding hydrogens is 356 g/mol. The first-order valence-corrected chi connectivity index (χ1v) is 9.15. The first kappa shape index (κ1) is 21.0. The van der Waals surface area contributed by atoms with Crippen molar-refractivity contribution in [3.8, 4) is 0 Å². The van der Waals surface area contributed by atoms with Crippen LogP contribution >= 0.6 is 0 Å². The molecular formula is C21H26N4O3. The van der Waals surface area contributed by atoms with Crippen molar-refractivity contribution >= 4 is 34.9 Å². The van der Waals surface area contributed by atoms with Gasteiger partial charge in [0.25, 0.3) is 5.91 Å². The molecule has 0 atom stereocenters. The molecule has 2 rings (SSSR count). The van der Waals surface area contributed by atoms with E-state index in [0.29, 0.717) is 22.6 Å². The minimum Gasteiger partial charge on any atom is -0.336 e. The van der Waals surface area contributed by atoms with Gasteiger partial charge in [-0.3, -0.25) is 9.59 Å². The SMILES string of the molecule is CC(C)NC(=O)Nc1ccccc1C(=O)Nc1ccc(NC(=O)C(C)C)cc1. The van der Waals surface area contributed by atoms with E-state index in [1.165, 1.54) is 0 Å². The van der Waals surface area contributed by atoms with E-state index in [1.54, 1.807) is 48.5 Å². The molecule has 0 saturated heterocycles. The van der Waals surface area contributed by atoms with Crippen molar-refractivity contribution < 1.29 is 14.4 Å². The van der Waals surface area contributed by atoms with Gasteiger partial charge in [0, 0.05) is 23.3 Å². The summed E-state index contributed by atoms with van der Waals surface area (Å²) in [7, 11) is 0. The van der Waals surface area contributed by atoms with E-state index in [1.807, 2.05) is 27.7 Å². The van der Waals surface area contributed by atoms with Crippen molar-refractivity contribution in [1.29, 1.82) is 0 Å². The summed E-state index contributed by atoms with van der Waals surface area (Å²) in [5, 5.41) is 11.0. The minimum atomic E-state index is -0.375. The Morgan fingerprint density at radius 3 is 1.89 bits per heavy atom. The van der Waals surface area contributed by atoms with Crippen LogP contribution in [0.4, 0.5) is 21.9 Å². The van der Waals surface area contributed by atoms with Crippen LogP contribution in [0.25, 0.3) is 0 Å². The summed E-state index contributed by atoms with van der Waals surface area (Å²) in [6.45, 7) is 7.34. The molecule has 0 unspecified atom stereocenters. The van der Waals surface area contributed by atoms with E-state index in [9.17, 15) is 14.4 Å². The Morgan fingerprint density at radius 1 is 0.750 bits per heavy atom. The first-order chi connectivity index (χ1) is 13.3. The average molecular weight is 382 g/mol. The van der Waals surface area contributed by atoms with Crippen LogP contribution in [0, 0.1) is 5.92 Å². The Labute approximate surface area is 164 Å². The lowest BCUT2D eigenvalue weighted by atomic mass is 10.1. The molecule has 0 bridgehead atoms. The van der Waals surface area contributed by atoms with E-state index in [-0.39, 0.29) is 29.8 Å². The van der Waals surface area contributed by atoms with Crippen LogP contribution < -0.4 is 21.3 Å². The monoisotopic (exact) mass is 382 g/mol. The fourth-order valence-corrected chi connectivity index (χ4v) is 2.33. The van der Waals surface area contributed by atoms with Gasteiger partial charge < -0.3 is 21.3 Å². The standard InChI is InChI=1S/C21H26N4O3/c1-13(2)19(26)23-15-9-11-16(12-10-15)24-20(27)17-7-5-6-8-18(17)25-21(28)22-14(3)4/h5-14H,1-4H3,(H,23,26)(H,24,27)(H2,22,25,28). The van der Waals surface area contributed by atoms with Crippen LogP contribution in [0.2, 0.25) is 0 Å². The van der Waals surface area contributed by atoms with Gasteiger partial charge in [-0.25, -0.2) is 4.79 Å². The molecule has 2 aromatic carbocycles. The van der Waals surface area contributed by atoms with E-state index in [0.717, 1.165) is 0 Å². The van der Waals surface area contributed by atoms with Gasteiger partial charge in [0.05, 0.1) is 11.3 Å². The quantitative estimate of drug-likeness (QED) is 0.606. The lowest BCUT2D eigenvalue weighted by Gasteiger charge is -2.14. The molecule has 0 aromatic heterocycles. The van der Waals surface area contributed by atoms with Crippen LogP contribution in [0.15, 0.2) is 48.5 Å². The topological polar surface area (TPSA) is 99.3 Å². The van der Waals surface area contributed by atoms with Gasteiger partial charge in [-0.05, 0) is 50.2 Å². The molecule has 0 radical (unpaired) electrons. The van der Waals surface area contributed by atoms with Crippen molar-refractivity contribution in [2.45, 2.75) is 33.7 Å². The van der Waals surface area contributed by atoms with Crippen molar-refractivity contribution in [3.63, 3.8) is 0 Å². The molecule has 0 fully saturated rings. The van der Waals surface area contributed by atoms with Crippen molar-refractivity contribution in [2.24, 2.45) is 5.92 Å². The summed E-state index contributed by atoms with van der Waals surface area (Å²) in [6.07, 6.45) is 0. The van der Waals surface area contributed by atoms with Crippen molar-refractivity contribution in [1.82, 2.24) is 5.32 Å². The summed E-state index contributed by atoms with van der Waals surface area (Å²) < 4.78 is 0. The summed E-state index contributed by atoms with van der Waals surface area (Å²) in [5.41, 5.74) is 2.00. The van der Waals surface area contributed by atoms with Gasteiger partial charge in [0.15, 0.2) is 0 Å². The van der Waals surface area contributed by atoms with E-state index in [4.69, 9.17) is 0 Å². The lowest BCUT2D eigenvalue weighted by Crippen LogP contribution is -2.34. The Balaban J connectivity index is 2.07. The number of carbonyl (C=O) groups excluding carboxylic acids is 3. The fraction of sp³-hybridized carbons (Fsp3) is 0.286. The number of carbonyl (C=O) groups is 3. The van der Waals surface area contributed by atoms with E-state index < -0.39 is 0 Å². The molecule has 0 aliphatic carbocycles. The Kier molecular flexibility index (Phi) is 7.14. The molecule has 0 aliphatic heterocycles. The number of para-hydroxylation sites is 1. The third-order valence-electron chi connectivity index (χ3n) is 3.77. The molecule has 28 heavy (non-hydrogen) atoms. The van der Waals surface area contributed by atoms with Gasteiger partial charge in [0.1, 0.15) is 0 Å². The Hall–Kier alpha value is -3.35. The lowest BCUT2D eigenvalue weighted by molar-refractivity contribution is -0.118. The Morgan fingerprint density at radius 2 is 1.32 bits per heavy atom. The second-order valence-electron chi connectivity index (χ2n) is 6.97. The maximum Gasteiger partial charge on any atom is 0.319 e. The maximum atomic E-state index is 12.6. The molecule has 4 amide bonds. The first-order valence-electron chi connectivity index (χ1n) is 9.15. The van der Waals surface area contributed by atoms with E-state index >= 15 is 0 Å². The largest absolute Gasteiger partial charge is 0.336 e. The van der Waals surface area contributed by atoms with Crippen molar-refractivity contribution in [3.05, 3.63) is 54.1 Å². The number of hydrogen-bond donors (Lipinski definition) is 4. The number of amides is 4. The molecule has 0 heterocycles. The second kappa shape index (κ2) is 9.55. The number of urea groups is 1. The third-order valence-corrected chi connectivity index (χ3v) is 3.77. The number of hydrogen-bond acceptors (Lipinski definition) is 3. The van der Waals surface area contributed by atoms with Gasteiger partial charge in [-0.1, -0.05) is 26.0 Å². The summed E-state index contributed by atoms with van der Waals surface area (Å²) >= 11 is 0. The highest BCUT2D eigenvalue weighted by atomic mass is 16.2. The highest BCUT2D eigenvalue weighted by Gasteiger charge is 2.14. The number of benzene rings is 2. The molecule has 0 aliphatic rings. The molecule has 7 nitrogen and oxygen atoms in total. The van der Waals surface area contributed by atoms with Crippen LogP contribution in [0.1, 0.15) is 38.1 Å². The second-order valence-corrected chi connectivity index (χ2v) is 6.97. The highest BCUT2D eigenvalue weighted by Crippen LogP contribution is 2.19. The summed E-state index contributed by atoms with van der Waals surface area (Å²) in [4.78, 5) is 36.3. The molecule has 0 saturated carbocycles. The average Bonchev–Trinajstić information content (AvgIpc) is 2.62. The van der Waals surface area contributed by atoms with Gasteiger partial charge in [0.2, 0.25) is 5.91 Å². The van der Waals surface area contributed by atoms with E-state index in [2.05, 4.69) is 21.3 Å². The predicted octanol–water partition coefficient (Wildman–Crippen LogP) is 4.06. The van der Waals surface area contributed by atoms with Crippen LogP contribution in [0.3, 0.4) is 0 Å².